The number of carbonyl (C=O) groups excluding carboxylic acids is 2. The summed E-state index contributed by atoms with van der Waals surface area (Å²) in [6.07, 6.45) is 1.03. The normalized spacial score (nSPS) is 13.7. The first kappa shape index (κ1) is 22.3. The number of hydrogen-bond acceptors (Lipinski definition) is 4. The number of primary amides is 1. The summed E-state index contributed by atoms with van der Waals surface area (Å²) < 4.78 is 0. The molecule has 3 N–H and O–H groups in total. The van der Waals surface area contributed by atoms with Crippen molar-refractivity contribution in [1.29, 1.82) is 0 Å². The molecule has 7 heteroatoms. The number of hydrogen-bond donors (Lipinski definition) is 2. The minimum atomic E-state index is -0.471. The Bertz CT molecular complexity index is 1090. The Labute approximate surface area is 186 Å². The van der Waals surface area contributed by atoms with Crippen molar-refractivity contribution in [1.82, 2.24) is 4.90 Å². The molecule has 0 fully saturated rings. The number of anilines is 1. The molecule has 2 amide bonds. The molecule has 0 bridgehead atoms. The van der Waals surface area contributed by atoms with Crippen molar-refractivity contribution in [2.45, 2.75) is 39.3 Å². The summed E-state index contributed by atoms with van der Waals surface area (Å²) in [5, 5.41) is 5.72. The van der Waals surface area contributed by atoms with Crippen LogP contribution in [0.5, 0.6) is 0 Å². The van der Waals surface area contributed by atoms with E-state index >= 15 is 0 Å². The fourth-order valence-electron chi connectivity index (χ4n) is 4.00. The number of carbonyl (C=O) groups is 2. The second kappa shape index (κ2) is 9.16. The predicted molar refractivity (Wildman–Crippen MR) is 126 cm³/mol. The minimum absolute atomic E-state index is 0. The number of fused-ring (bicyclic) bond motifs is 2. The van der Waals surface area contributed by atoms with Gasteiger partial charge in [-0.2, -0.15) is 0 Å². The minimum Gasteiger partial charge on any atom is -0.365 e. The van der Waals surface area contributed by atoms with Crippen LogP contribution in [-0.4, -0.2) is 29.3 Å². The first-order valence-electron chi connectivity index (χ1n) is 9.89. The van der Waals surface area contributed by atoms with E-state index < -0.39 is 5.91 Å². The molecule has 1 aromatic heterocycles. The molecular formula is C23H26ClN3O2S. The van der Waals surface area contributed by atoms with Crippen molar-refractivity contribution in [2.75, 3.05) is 11.9 Å². The summed E-state index contributed by atoms with van der Waals surface area (Å²) in [7, 11) is 0. The lowest BCUT2D eigenvalue weighted by Gasteiger charge is -2.30. The van der Waals surface area contributed by atoms with Crippen LogP contribution in [0.25, 0.3) is 10.8 Å². The molecule has 0 saturated heterocycles. The molecule has 2 aromatic carbocycles. The molecule has 2 heterocycles. The van der Waals surface area contributed by atoms with Gasteiger partial charge in [0.15, 0.2) is 0 Å². The Hall–Kier alpha value is -2.41. The Morgan fingerprint density at radius 1 is 1.17 bits per heavy atom. The fraction of sp³-hybridized carbons (Fsp3) is 0.304. The van der Waals surface area contributed by atoms with Crippen LogP contribution >= 0.6 is 23.7 Å². The summed E-state index contributed by atoms with van der Waals surface area (Å²) in [5.41, 5.74) is 8.13. The molecule has 1 aliphatic heterocycles. The standard InChI is InChI=1S/C23H25N3O2S.ClH/c1-14(2)26-11-10-18-19(13-26)29-23(21(18)22(24)28)25-20(27)12-16-8-5-7-15-6-3-4-9-17(15)16;/h3-9,14H,10-13H2,1-2H3,(H2,24,28)(H,25,27);1H. The summed E-state index contributed by atoms with van der Waals surface area (Å²) in [6.45, 7) is 6.02. The van der Waals surface area contributed by atoms with Crippen LogP contribution < -0.4 is 11.1 Å². The van der Waals surface area contributed by atoms with Crippen LogP contribution in [0.2, 0.25) is 0 Å². The summed E-state index contributed by atoms with van der Waals surface area (Å²) in [4.78, 5) is 28.5. The summed E-state index contributed by atoms with van der Waals surface area (Å²) >= 11 is 1.48. The van der Waals surface area contributed by atoms with E-state index in [1.807, 2.05) is 42.5 Å². The van der Waals surface area contributed by atoms with Gasteiger partial charge in [-0.25, -0.2) is 0 Å². The molecule has 3 aromatic rings. The second-order valence-corrected chi connectivity index (χ2v) is 8.85. The van der Waals surface area contributed by atoms with Gasteiger partial charge in [0.25, 0.3) is 5.91 Å². The average molecular weight is 444 g/mol. The second-order valence-electron chi connectivity index (χ2n) is 7.75. The third-order valence-electron chi connectivity index (χ3n) is 5.55. The third-order valence-corrected chi connectivity index (χ3v) is 6.68. The van der Waals surface area contributed by atoms with E-state index in [4.69, 9.17) is 5.73 Å². The average Bonchev–Trinajstić information content (AvgIpc) is 3.05. The molecule has 0 atom stereocenters. The molecule has 0 aliphatic carbocycles. The van der Waals surface area contributed by atoms with Gasteiger partial charge < -0.3 is 11.1 Å². The molecule has 0 spiro atoms. The van der Waals surface area contributed by atoms with Gasteiger partial charge in [-0.15, -0.1) is 23.7 Å². The molecule has 158 valence electrons. The van der Waals surface area contributed by atoms with Crippen LogP contribution in [0.4, 0.5) is 5.00 Å². The number of halogens is 1. The number of rotatable bonds is 5. The van der Waals surface area contributed by atoms with Crippen molar-refractivity contribution < 1.29 is 9.59 Å². The lowest BCUT2D eigenvalue weighted by Crippen LogP contribution is -2.35. The van der Waals surface area contributed by atoms with Gasteiger partial charge in [0.05, 0.1) is 12.0 Å². The van der Waals surface area contributed by atoms with Crippen LogP contribution in [0.15, 0.2) is 42.5 Å². The molecule has 0 radical (unpaired) electrons. The highest BCUT2D eigenvalue weighted by Gasteiger charge is 2.28. The van der Waals surface area contributed by atoms with E-state index in [-0.39, 0.29) is 24.7 Å². The molecule has 0 saturated carbocycles. The largest absolute Gasteiger partial charge is 0.365 e. The number of nitrogens with one attached hydrogen (secondary N) is 1. The van der Waals surface area contributed by atoms with E-state index in [0.29, 0.717) is 16.6 Å². The highest BCUT2D eigenvalue weighted by molar-refractivity contribution is 7.17. The quantitative estimate of drug-likeness (QED) is 0.614. The van der Waals surface area contributed by atoms with E-state index in [2.05, 4.69) is 24.1 Å². The van der Waals surface area contributed by atoms with Crippen molar-refractivity contribution in [2.24, 2.45) is 5.73 Å². The van der Waals surface area contributed by atoms with Crippen LogP contribution in [0, 0.1) is 0 Å². The van der Waals surface area contributed by atoms with Crippen molar-refractivity contribution in [3.05, 3.63) is 64.0 Å². The molecule has 1 aliphatic rings. The smallest absolute Gasteiger partial charge is 0.251 e. The van der Waals surface area contributed by atoms with Crippen molar-refractivity contribution in [3.8, 4) is 0 Å². The zero-order valence-electron chi connectivity index (χ0n) is 17.1. The number of nitrogens with zero attached hydrogens (tertiary/aromatic N) is 1. The SMILES string of the molecule is CC(C)N1CCc2c(sc(NC(=O)Cc3cccc4ccccc34)c2C(N)=O)C1.Cl. The lowest BCUT2D eigenvalue weighted by atomic mass is 10.0. The van der Waals surface area contributed by atoms with Gasteiger partial charge in [0, 0.05) is 24.0 Å². The number of amides is 2. The van der Waals surface area contributed by atoms with Crippen molar-refractivity contribution >= 4 is 51.3 Å². The Morgan fingerprint density at radius 2 is 1.90 bits per heavy atom. The van der Waals surface area contributed by atoms with Gasteiger partial charge in [-0.1, -0.05) is 42.5 Å². The van der Waals surface area contributed by atoms with Crippen LogP contribution in [0.1, 0.15) is 40.2 Å². The fourth-order valence-corrected chi connectivity index (χ4v) is 5.30. The highest BCUT2D eigenvalue weighted by atomic mass is 35.5. The van der Waals surface area contributed by atoms with E-state index in [1.165, 1.54) is 11.3 Å². The highest BCUT2D eigenvalue weighted by Crippen LogP contribution is 2.37. The zero-order chi connectivity index (χ0) is 20.5. The van der Waals surface area contributed by atoms with Gasteiger partial charge in [-0.3, -0.25) is 14.5 Å². The summed E-state index contributed by atoms with van der Waals surface area (Å²) in [5.74, 6) is -0.607. The molecule has 5 nitrogen and oxygen atoms in total. The number of thiophene rings is 1. The summed E-state index contributed by atoms with van der Waals surface area (Å²) in [6, 6.07) is 14.4. The number of nitrogens with two attached hydrogens (primary N) is 1. The van der Waals surface area contributed by atoms with Gasteiger partial charge in [0.2, 0.25) is 5.91 Å². The zero-order valence-corrected chi connectivity index (χ0v) is 18.7. The molecule has 4 rings (SSSR count). The van der Waals surface area contributed by atoms with E-state index in [9.17, 15) is 9.59 Å². The monoisotopic (exact) mass is 443 g/mol. The molecule has 30 heavy (non-hydrogen) atoms. The van der Waals surface area contributed by atoms with E-state index in [0.717, 1.165) is 46.3 Å². The maximum Gasteiger partial charge on any atom is 0.251 e. The Balaban J connectivity index is 0.00000256. The topological polar surface area (TPSA) is 75.4 Å². The maximum absolute atomic E-state index is 12.8. The first-order valence-corrected chi connectivity index (χ1v) is 10.7. The van der Waals surface area contributed by atoms with Gasteiger partial charge >= 0.3 is 0 Å². The van der Waals surface area contributed by atoms with Crippen molar-refractivity contribution in [3.63, 3.8) is 0 Å². The van der Waals surface area contributed by atoms with Crippen LogP contribution in [-0.2, 0) is 24.2 Å². The third kappa shape index (κ3) is 4.36. The van der Waals surface area contributed by atoms with E-state index in [1.54, 1.807) is 0 Å². The van der Waals surface area contributed by atoms with Crippen LogP contribution in [0.3, 0.4) is 0 Å². The predicted octanol–water partition coefficient (Wildman–Crippen LogP) is 4.37. The maximum atomic E-state index is 12.8. The lowest BCUT2D eigenvalue weighted by molar-refractivity contribution is -0.115. The molecular weight excluding hydrogens is 418 g/mol. The van der Waals surface area contributed by atoms with Gasteiger partial charge in [-0.05, 0) is 42.2 Å². The molecule has 0 unspecified atom stereocenters. The first-order chi connectivity index (χ1) is 13.9. The Kier molecular flexibility index (Phi) is 6.81. The Morgan fingerprint density at radius 3 is 2.63 bits per heavy atom. The van der Waals surface area contributed by atoms with Gasteiger partial charge in [0.1, 0.15) is 5.00 Å². The number of benzene rings is 2.